The predicted octanol–water partition coefficient (Wildman–Crippen LogP) is 3.02. The minimum absolute atomic E-state index is 0.220. The molecule has 2 heterocycles. The Kier molecular flexibility index (Phi) is 3.53. The van der Waals surface area contributed by atoms with Crippen LogP contribution in [0.5, 0.6) is 11.5 Å². The van der Waals surface area contributed by atoms with E-state index in [1.54, 1.807) is 0 Å². The third kappa shape index (κ3) is 2.87. The van der Waals surface area contributed by atoms with Crippen molar-refractivity contribution in [2.45, 2.75) is 19.4 Å². The van der Waals surface area contributed by atoms with Gasteiger partial charge in [0.1, 0.15) is 5.69 Å². The van der Waals surface area contributed by atoms with Crippen molar-refractivity contribution < 1.29 is 14.3 Å². The lowest BCUT2D eigenvalue weighted by Crippen LogP contribution is -2.41. The number of nitrogens with zero attached hydrogens (tertiary/aromatic N) is 2. The Balaban J connectivity index is 1.59. The molecule has 0 fully saturated rings. The van der Waals surface area contributed by atoms with E-state index in [0.29, 0.717) is 17.0 Å². The van der Waals surface area contributed by atoms with E-state index in [2.05, 4.69) is 15.3 Å². The summed E-state index contributed by atoms with van der Waals surface area (Å²) in [6.45, 7) is 4.08. The summed E-state index contributed by atoms with van der Waals surface area (Å²) in [5.41, 5.74) is 2.04. The van der Waals surface area contributed by atoms with Crippen molar-refractivity contribution in [1.29, 1.82) is 0 Å². The van der Waals surface area contributed by atoms with Crippen LogP contribution in [0.1, 0.15) is 29.9 Å². The summed E-state index contributed by atoms with van der Waals surface area (Å²) < 4.78 is 10.7. The second-order valence-corrected chi connectivity index (χ2v) is 6.39. The molecule has 25 heavy (non-hydrogen) atoms. The number of rotatable bonds is 3. The van der Waals surface area contributed by atoms with Crippen molar-refractivity contribution in [3.05, 3.63) is 59.9 Å². The molecule has 0 atom stereocenters. The van der Waals surface area contributed by atoms with Crippen LogP contribution >= 0.6 is 0 Å². The van der Waals surface area contributed by atoms with Crippen LogP contribution in [0.25, 0.3) is 11.0 Å². The van der Waals surface area contributed by atoms with Gasteiger partial charge < -0.3 is 14.8 Å². The van der Waals surface area contributed by atoms with E-state index in [9.17, 15) is 4.79 Å². The number of carbonyl (C=O) groups is 1. The molecule has 6 heteroatoms. The topological polar surface area (TPSA) is 73.3 Å². The van der Waals surface area contributed by atoms with Crippen LogP contribution in [0.15, 0.2) is 48.7 Å². The first-order chi connectivity index (χ1) is 12.0. The zero-order valence-electron chi connectivity index (χ0n) is 13.9. The number of carbonyl (C=O) groups excluding carboxylic acids is 1. The standard InChI is InChI=1S/C19H17N3O3/c1-19(2,12-7-8-16-17(9-12)25-11-24-16)22-18(23)15-10-20-13-5-3-4-6-14(13)21-15/h3-10H,11H2,1-2H3,(H,22,23). The van der Waals surface area contributed by atoms with Crippen molar-refractivity contribution in [2.24, 2.45) is 0 Å². The number of para-hydroxylation sites is 2. The Labute approximate surface area is 144 Å². The van der Waals surface area contributed by atoms with Crippen LogP contribution < -0.4 is 14.8 Å². The minimum atomic E-state index is -0.606. The van der Waals surface area contributed by atoms with Gasteiger partial charge in [0.15, 0.2) is 11.5 Å². The summed E-state index contributed by atoms with van der Waals surface area (Å²) in [5.74, 6) is 1.12. The minimum Gasteiger partial charge on any atom is -0.454 e. The molecular formula is C19H17N3O3. The van der Waals surface area contributed by atoms with Gasteiger partial charge in [-0.1, -0.05) is 18.2 Å². The second-order valence-electron chi connectivity index (χ2n) is 6.39. The van der Waals surface area contributed by atoms with Crippen molar-refractivity contribution in [3.63, 3.8) is 0 Å². The number of nitrogens with one attached hydrogen (secondary N) is 1. The molecule has 1 N–H and O–H groups in total. The van der Waals surface area contributed by atoms with Gasteiger partial charge in [-0.15, -0.1) is 0 Å². The number of fused-ring (bicyclic) bond motifs is 2. The highest BCUT2D eigenvalue weighted by Gasteiger charge is 2.26. The number of hydrogen-bond donors (Lipinski definition) is 1. The van der Waals surface area contributed by atoms with Crippen LogP contribution in [-0.4, -0.2) is 22.7 Å². The van der Waals surface area contributed by atoms with Crippen LogP contribution in [0, 0.1) is 0 Å². The van der Waals surface area contributed by atoms with E-state index in [4.69, 9.17) is 9.47 Å². The predicted molar refractivity (Wildman–Crippen MR) is 92.6 cm³/mol. The fourth-order valence-electron chi connectivity index (χ4n) is 2.77. The summed E-state index contributed by atoms with van der Waals surface area (Å²) in [4.78, 5) is 21.3. The van der Waals surface area contributed by atoms with Crippen molar-refractivity contribution >= 4 is 16.9 Å². The molecule has 126 valence electrons. The quantitative estimate of drug-likeness (QED) is 0.796. The van der Waals surface area contributed by atoms with Gasteiger partial charge in [0.05, 0.1) is 22.8 Å². The maximum Gasteiger partial charge on any atom is 0.272 e. The smallest absolute Gasteiger partial charge is 0.272 e. The number of benzene rings is 2. The summed E-state index contributed by atoms with van der Waals surface area (Å²) in [5, 5.41) is 3.01. The van der Waals surface area contributed by atoms with Gasteiger partial charge in [0.25, 0.3) is 5.91 Å². The lowest BCUT2D eigenvalue weighted by Gasteiger charge is -2.27. The highest BCUT2D eigenvalue weighted by atomic mass is 16.7. The molecule has 0 radical (unpaired) electrons. The first-order valence-corrected chi connectivity index (χ1v) is 7.97. The van der Waals surface area contributed by atoms with E-state index in [-0.39, 0.29) is 18.4 Å². The third-order valence-corrected chi connectivity index (χ3v) is 4.20. The first-order valence-electron chi connectivity index (χ1n) is 7.97. The highest BCUT2D eigenvalue weighted by Crippen LogP contribution is 2.35. The summed E-state index contributed by atoms with van der Waals surface area (Å²) in [7, 11) is 0. The van der Waals surface area contributed by atoms with Gasteiger partial charge >= 0.3 is 0 Å². The zero-order chi connectivity index (χ0) is 17.4. The fourth-order valence-corrected chi connectivity index (χ4v) is 2.77. The molecule has 1 aromatic heterocycles. The Bertz CT molecular complexity index is 969. The molecule has 4 rings (SSSR count). The molecule has 1 aliphatic rings. The van der Waals surface area contributed by atoms with Gasteiger partial charge in [-0.2, -0.15) is 0 Å². The molecule has 0 bridgehead atoms. The van der Waals surface area contributed by atoms with Gasteiger partial charge in [-0.25, -0.2) is 4.98 Å². The molecule has 0 saturated carbocycles. The maximum atomic E-state index is 12.6. The average Bonchev–Trinajstić information content (AvgIpc) is 3.08. The lowest BCUT2D eigenvalue weighted by atomic mass is 9.93. The van der Waals surface area contributed by atoms with Gasteiger partial charge in [-0.3, -0.25) is 9.78 Å². The zero-order valence-corrected chi connectivity index (χ0v) is 13.9. The van der Waals surface area contributed by atoms with Crippen LogP contribution in [0.3, 0.4) is 0 Å². The molecule has 1 aliphatic heterocycles. The molecule has 0 spiro atoms. The molecular weight excluding hydrogens is 318 g/mol. The van der Waals surface area contributed by atoms with E-state index < -0.39 is 5.54 Å². The van der Waals surface area contributed by atoms with E-state index in [1.807, 2.05) is 56.3 Å². The summed E-state index contributed by atoms with van der Waals surface area (Å²) >= 11 is 0. The monoisotopic (exact) mass is 335 g/mol. The normalized spacial score (nSPS) is 13.0. The molecule has 2 aromatic carbocycles. The second kappa shape index (κ2) is 5.73. The van der Waals surface area contributed by atoms with Crippen molar-refractivity contribution in [2.75, 3.05) is 6.79 Å². The third-order valence-electron chi connectivity index (χ3n) is 4.20. The molecule has 6 nitrogen and oxygen atoms in total. The summed E-state index contributed by atoms with van der Waals surface area (Å²) in [6.07, 6.45) is 1.49. The lowest BCUT2D eigenvalue weighted by molar-refractivity contribution is 0.0906. The van der Waals surface area contributed by atoms with Crippen LogP contribution in [0.2, 0.25) is 0 Å². The van der Waals surface area contributed by atoms with Gasteiger partial charge in [0.2, 0.25) is 6.79 Å². The van der Waals surface area contributed by atoms with E-state index in [1.165, 1.54) is 6.20 Å². The van der Waals surface area contributed by atoms with Gasteiger partial charge in [0, 0.05) is 0 Å². The Morgan fingerprint density at radius 3 is 2.68 bits per heavy atom. The van der Waals surface area contributed by atoms with Crippen LogP contribution in [0.4, 0.5) is 0 Å². The number of ether oxygens (including phenoxy) is 2. The van der Waals surface area contributed by atoms with Gasteiger partial charge in [-0.05, 0) is 43.7 Å². The Hall–Kier alpha value is -3.15. The number of hydrogen-bond acceptors (Lipinski definition) is 5. The molecule has 0 unspecified atom stereocenters. The van der Waals surface area contributed by atoms with Crippen LogP contribution in [-0.2, 0) is 5.54 Å². The van der Waals surface area contributed by atoms with Crippen molar-refractivity contribution in [1.82, 2.24) is 15.3 Å². The fraction of sp³-hybridized carbons (Fsp3) is 0.211. The Morgan fingerprint density at radius 2 is 1.84 bits per heavy atom. The average molecular weight is 335 g/mol. The first kappa shape index (κ1) is 15.4. The number of amides is 1. The maximum absolute atomic E-state index is 12.6. The Morgan fingerprint density at radius 1 is 1.08 bits per heavy atom. The highest BCUT2D eigenvalue weighted by molar-refractivity contribution is 5.94. The summed E-state index contributed by atoms with van der Waals surface area (Å²) in [6, 6.07) is 13.1. The molecule has 0 aliphatic carbocycles. The van der Waals surface area contributed by atoms with E-state index in [0.717, 1.165) is 11.1 Å². The molecule has 0 saturated heterocycles. The molecule has 1 amide bonds. The number of aromatic nitrogens is 2. The van der Waals surface area contributed by atoms with E-state index >= 15 is 0 Å². The SMILES string of the molecule is CC(C)(NC(=O)c1cnc2ccccc2n1)c1ccc2c(c1)OCO2. The largest absolute Gasteiger partial charge is 0.454 e. The molecule has 3 aromatic rings. The van der Waals surface area contributed by atoms with Crippen molar-refractivity contribution in [3.8, 4) is 11.5 Å².